The molecule has 0 bridgehead atoms. The van der Waals surface area contributed by atoms with Gasteiger partial charge in [-0.3, -0.25) is 0 Å². The van der Waals surface area contributed by atoms with Gasteiger partial charge in [-0.15, -0.1) is 0 Å². The molecule has 5 nitrogen and oxygen atoms in total. The van der Waals surface area contributed by atoms with E-state index < -0.39 is 0 Å². The molecule has 0 aliphatic carbocycles. The summed E-state index contributed by atoms with van der Waals surface area (Å²) in [4.78, 5) is 0. The van der Waals surface area contributed by atoms with Crippen molar-refractivity contribution in [2.24, 2.45) is 11.1 Å². The zero-order valence-electron chi connectivity index (χ0n) is 11.4. The van der Waals surface area contributed by atoms with Crippen LogP contribution in [0.2, 0.25) is 0 Å². The van der Waals surface area contributed by atoms with Crippen molar-refractivity contribution in [2.45, 2.75) is 31.8 Å². The average Bonchev–Trinajstić information content (AvgIpc) is 3.18. The molecule has 1 aliphatic rings. The van der Waals surface area contributed by atoms with E-state index in [9.17, 15) is 5.21 Å². The van der Waals surface area contributed by atoms with Crippen molar-refractivity contribution in [1.29, 1.82) is 0 Å². The molecule has 3 atom stereocenters. The first-order valence-electron chi connectivity index (χ1n) is 6.96. The van der Waals surface area contributed by atoms with Gasteiger partial charge in [0.25, 0.3) is 0 Å². The molecule has 0 unspecified atom stereocenters. The van der Waals surface area contributed by atoms with Gasteiger partial charge in [-0.1, -0.05) is 12.1 Å². The minimum absolute atomic E-state index is 0.116. The first-order valence-corrected chi connectivity index (χ1v) is 6.96. The van der Waals surface area contributed by atoms with Crippen LogP contribution in [0.4, 0.5) is 0 Å². The van der Waals surface area contributed by atoms with Crippen molar-refractivity contribution in [3.05, 3.63) is 48.3 Å². The lowest BCUT2D eigenvalue weighted by Gasteiger charge is -2.32. The molecule has 0 aromatic carbocycles. The Morgan fingerprint density at radius 2 is 1.95 bits per heavy atom. The summed E-state index contributed by atoms with van der Waals surface area (Å²) in [5, 5.41) is 15.1. The van der Waals surface area contributed by atoms with E-state index in [1.165, 1.54) is 0 Å². The molecular formula is C15H19N2O3+. The van der Waals surface area contributed by atoms with E-state index in [1.807, 2.05) is 24.3 Å². The van der Waals surface area contributed by atoms with Crippen LogP contribution in [0.15, 0.2) is 50.8 Å². The third-order valence-electron chi connectivity index (χ3n) is 4.08. The van der Waals surface area contributed by atoms with E-state index in [2.05, 4.69) is 17.4 Å². The highest BCUT2D eigenvalue weighted by Crippen LogP contribution is 2.31. The fourth-order valence-electron chi connectivity index (χ4n) is 3.11. The Morgan fingerprint density at radius 1 is 1.25 bits per heavy atom. The lowest BCUT2D eigenvalue weighted by molar-refractivity contribution is -0.745. The fraction of sp³-hybridized carbons (Fsp3) is 0.400. The Balaban J connectivity index is 1.93. The van der Waals surface area contributed by atoms with Gasteiger partial charge in [0, 0.05) is 6.42 Å². The lowest BCUT2D eigenvalue weighted by atomic mass is 9.82. The largest absolute Gasteiger partial charge is 0.463 e. The van der Waals surface area contributed by atoms with E-state index in [-0.39, 0.29) is 18.0 Å². The van der Waals surface area contributed by atoms with Crippen molar-refractivity contribution in [2.75, 3.05) is 0 Å². The summed E-state index contributed by atoms with van der Waals surface area (Å²) >= 11 is 0. The molecule has 1 saturated heterocycles. The maximum atomic E-state index is 9.34. The Labute approximate surface area is 117 Å². The molecule has 20 heavy (non-hydrogen) atoms. The Hall–Kier alpha value is -2.01. The monoisotopic (exact) mass is 275 g/mol. The number of oxime groups is 1. The second-order valence-corrected chi connectivity index (χ2v) is 5.17. The van der Waals surface area contributed by atoms with Crippen LogP contribution in [0, 0.1) is 5.92 Å². The van der Waals surface area contributed by atoms with Crippen molar-refractivity contribution in [3.8, 4) is 0 Å². The van der Waals surface area contributed by atoms with Crippen LogP contribution < -0.4 is 5.32 Å². The van der Waals surface area contributed by atoms with E-state index >= 15 is 0 Å². The first-order chi connectivity index (χ1) is 9.83. The zero-order valence-corrected chi connectivity index (χ0v) is 11.4. The lowest BCUT2D eigenvalue weighted by Crippen LogP contribution is -2.90. The Bertz CT molecular complexity index is 560. The van der Waals surface area contributed by atoms with Gasteiger partial charge < -0.3 is 19.4 Å². The third-order valence-corrected chi connectivity index (χ3v) is 4.08. The summed E-state index contributed by atoms with van der Waals surface area (Å²) < 4.78 is 11.1. The molecule has 1 aliphatic heterocycles. The average molecular weight is 275 g/mol. The molecule has 106 valence electrons. The second kappa shape index (κ2) is 5.54. The normalized spacial score (nSPS) is 28.9. The van der Waals surface area contributed by atoms with Crippen LogP contribution in [0.3, 0.4) is 0 Å². The third kappa shape index (κ3) is 2.25. The van der Waals surface area contributed by atoms with Crippen molar-refractivity contribution >= 4 is 5.71 Å². The van der Waals surface area contributed by atoms with Crippen LogP contribution in [-0.2, 0) is 0 Å². The Morgan fingerprint density at radius 3 is 2.50 bits per heavy atom. The summed E-state index contributed by atoms with van der Waals surface area (Å²) in [6.07, 6.45) is 4.96. The van der Waals surface area contributed by atoms with Crippen LogP contribution >= 0.6 is 0 Å². The summed E-state index contributed by atoms with van der Waals surface area (Å²) in [5.41, 5.74) is 0.817. The molecule has 2 aromatic rings. The van der Waals surface area contributed by atoms with Gasteiger partial charge in [-0.05, 0) is 30.7 Å². The topological polar surface area (TPSA) is 75.5 Å². The molecule has 2 aromatic heterocycles. The predicted molar refractivity (Wildman–Crippen MR) is 72.4 cm³/mol. The number of hydrogen-bond acceptors (Lipinski definition) is 4. The highest BCUT2D eigenvalue weighted by Gasteiger charge is 2.41. The molecule has 3 rings (SSSR count). The molecule has 0 spiro atoms. The van der Waals surface area contributed by atoms with Gasteiger partial charge in [0.1, 0.15) is 0 Å². The van der Waals surface area contributed by atoms with Crippen molar-refractivity contribution in [1.82, 2.24) is 0 Å². The molecule has 3 heterocycles. The Kier molecular flexibility index (Phi) is 3.60. The molecule has 1 fully saturated rings. The maximum Gasteiger partial charge on any atom is 0.161 e. The second-order valence-electron chi connectivity index (χ2n) is 5.17. The molecule has 0 radical (unpaired) electrons. The molecule has 0 saturated carbocycles. The van der Waals surface area contributed by atoms with E-state index in [1.54, 1.807) is 12.5 Å². The summed E-state index contributed by atoms with van der Waals surface area (Å²) in [5.74, 6) is 1.99. The number of furan rings is 2. The fourth-order valence-corrected chi connectivity index (χ4v) is 3.11. The predicted octanol–water partition coefficient (Wildman–Crippen LogP) is 2.48. The van der Waals surface area contributed by atoms with E-state index in [4.69, 9.17) is 8.83 Å². The van der Waals surface area contributed by atoms with Gasteiger partial charge >= 0.3 is 0 Å². The standard InChI is InChI=1S/C15H18N2O3/c1-2-10-11(17-18)9-12(13-5-3-7-19-13)16-15(10)14-6-4-8-20-14/h3-8,10,12,15-16,18H,2,9H2,1H3/p+1/b17-11+/t10-,12+,15+/m1/s1. The quantitative estimate of drug-likeness (QED) is 0.667. The van der Waals surface area contributed by atoms with E-state index in [0.717, 1.165) is 23.7 Å². The smallest absolute Gasteiger partial charge is 0.161 e. The van der Waals surface area contributed by atoms with Crippen LogP contribution in [0.25, 0.3) is 0 Å². The van der Waals surface area contributed by atoms with E-state index in [0.29, 0.717) is 6.42 Å². The number of quaternary nitrogens is 1. The highest BCUT2D eigenvalue weighted by molar-refractivity contribution is 5.87. The minimum atomic E-state index is 0.116. The van der Waals surface area contributed by atoms with Gasteiger partial charge in [0.2, 0.25) is 0 Å². The van der Waals surface area contributed by atoms with Gasteiger partial charge in [-0.25, -0.2) is 0 Å². The summed E-state index contributed by atoms with van der Waals surface area (Å²) in [6.45, 7) is 2.10. The number of rotatable bonds is 3. The molecular weight excluding hydrogens is 256 g/mol. The van der Waals surface area contributed by atoms with Gasteiger partial charge in [0.05, 0.1) is 24.2 Å². The molecule has 3 N–H and O–H groups in total. The maximum absolute atomic E-state index is 9.34. The van der Waals surface area contributed by atoms with Gasteiger partial charge in [-0.2, -0.15) is 0 Å². The summed E-state index contributed by atoms with van der Waals surface area (Å²) in [6, 6.07) is 7.94. The minimum Gasteiger partial charge on any atom is -0.463 e. The van der Waals surface area contributed by atoms with Crippen LogP contribution in [0.5, 0.6) is 0 Å². The van der Waals surface area contributed by atoms with Crippen LogP contribution in [-0.4, -0.2) is 10.9 Å². The number of hydrogen-bond donors (Lipinski definition) is 2. The number of piperidine rings is 1. The van der Waals surface area contributed by atoms with Crippen LogP contribution in [0.1, 0.15) is 43.4 Å². The SMILES string of the molecule is CC[C@@H]1/C(=N/O)C[C@@H](c2ccco2)[NH2+][C@@H]1c1ccco1. The number of nitrogens with two attached hydrogens (primary N) is 1. The molecule has 0 amide bonds. The van der Waals surface area contributed by atoms with Crippen molar-refractivity contribution in [3.63, 3.8) is 0 Å². The first kappa shape index (κ1) is 13.0. The number of nitrogens with zero attached hydrogens (tertiary/aromatic N) is 1. The zero-order chi connectivity index (χ0) is 13.9. The summed E-state index contributed by atoms with van der Waals surface area (Å²) in [7, 11) is 0. The van der Waals surface area contributed by atoms with Gasteiger partial charge in [0.15, 0.2) is 23.6 Å². The highest BCUT2D eigenvalue weighted by atomic mass is 16.4. The van der Waals surface area contributed by atoms with Crippen molar-refractivity contribution < 1.29 is 19.4 Å². The molecule has 5 heteroatoms.